The van der Waals surface area contributed by atoms with Crippen LogP contribution in [0.2, 0.25) is 0 Å². The molecule has 0 spiro atoms. The lowest BCUT2D eigenvalue weighted by atomic mass is 9.99. The van der Waals surface area contributed by atoms with E-state index in [0.29, 0.717) is 0 Å². The van der Waals surface area contributed by atoms with E-state index in [4.69, 9.17) is 4.74 Å². The molecule has 0 aliphatic heterocycles. The van der Waals surface area contributed by atoms with Crippen molar-refractivity contribution in [2.24, 2.45) is 0 Å². The lowest BCUT2D eigenvalue weighted by Gasteiger charge is -2.27. The first-order chi connectivity index (χ1) is 8.89. The van der Waals surface area contributed by atoms with Crippen LogP contribution in [0.25, 0.3) is 11.0 Å². The van der Waals surface area contributed by atoms with Crippen LogP contribution in [0.4, 0.5) is 5.69 Å². The normalized spacial score (nSPS) is 13.7. The average molecular weight is 263 g/mol. The molecule has 1 atom stereocenters. The molecule has 0 bridgehead atoms. The molecule has 1 unspecified atom stereocenters. The van der Waals surface area contributed by atoms with Crippen molar-refractivity contribution >= 4 is 16.7 Å². The van der Waals surface area contributed by atoms with E-state index < -0.39 is 0 Å². The minimum Gasteiger partial charge on any atom is -0.382 e. The van der Waals surface area contributed by atoms with Crippen molar-refractivity contribution in [1.29, 1.82) is 0 Å². The summed E-state index contributed by atoms with van der Waals surface area (Å²) in [6.07, 6.45) is 0.894. The summed E-state index contributed by atoms with van der Waals surface area (Å²) in [6, 6.07) is 6.06. The minimum atomic E-state index is -0.180. The zero-order chi connectivity index (χ0) is 14.0. The SMILES string of the molecule is COC(C)(C)CC(C)Nc1ccc2[nH]c(=O)[nH]c2c1. The number of aromatic amines is 2. The molecule has 19 heavy (non-hydrogen) atoms. The zero-order valence-electron chi connectivity index (χ0n) is 11.8. The van der Waals surface area contributed by atoms with Crippen LogP contribution in [0.5, 0.6) is 0 Å². The summed E-state index contributed by atoms with van der Waals surface area (Å²) in [5.41, 5.74) is 2.29. The smallest absolute Gasteiger partial charge is 0.323 e. The number of benzene rings is 1. The second-order valence-electron chi connectivity index (χ2n) is 5.55. The summed E-state index contributed by atoms with van der Waals surface area (Å²) < 4.78 is 5.43. The summed E-state index contributed by atoms with van der Waals surface area (Å²) in [5, 5.41) is 3.42. The lowest BCUT2D eigenvalue weighted by Crippen LogP contribution is -2.31. The van der Waals surface area contributed by atoms with Gasteiger partial charge in [0.15, 0.2) is 0 Å². The number of fused-ring (bicyclic) bond motifs is 1. The molecule has 0 amide bonds. The molecule has 5 nitrogen and oxygen atoms in total. The van der Waals surface area contributed by atoms with E-state index in [0.717, 1.165) is 23.1 Å². The highest BCUT2D eigenvalue weighted by Crippen LogP contribution is 2.20. The topological polar surface area (TPSA) is 69.9 Å². The Hall–Kier alpha value is -1.75. The number of hydrogen-bond donors (Lipinski definition) is 3. The van der Waals surface area contributed by atoms with Crippen molar-refractivity contribution in [1.82, 2.24) is 9.97 Å². The highest BCUT2D eigenvalue weighted by molar-refractivity contribution is 5.78. The van der Waals surface area contributed by atoms with Crippen molar-refractivity contribution in [2.45, 2.75) is 38.8 Å². The average Bonchev–Trinajstić information content (AvgIpc) is 2.67. The van der Waals surface area contributed by atoms with E-state index in [9.17, 15) is 4.79 Å². The largest absolute Gasteiger partial charge is 0.382 e. The van der Waals surface area contributed by atoms with E-state index in [-0.39, 0.29) is 17.3 Å². The van der Waals surface area contributed by atoms with Crippen LogP contribution in [-0.2, 0) is 4.74 Å². The summed E-state index contributed by atoms with van der Waals surface area (Å²) >= 11 is 0. The fourth-order valence-corrected chi connectivity index (χ4v) is 2.28. The van der Waals surface area contributed by atoms with Crippen LogP contribution in [0.3, 0.4) is 0 Å². The highest BCUT2D eigenvalue weighted by atomic mass is 16.5. The number of anilines is 1. The molecule has 2 rings (SSSR count). The second-order valence-corrected chi connectivity index (χ2v) is 5.55. The number of rotatable bonds is 5. The molecule has 104 valence electrons. The highest BCUT2D eigenvalue weighted by Gasteiger charge is 2.20. The van der Waals surface area contributed by atoms with Crippen molar-refractivity contribution < 1.29 is 4.74 Å². The van der Waals surface area contributed by atoms with Crippen LogP contribution in [0.1, 0.15) is 27.2 Å². The van der Waals surface area contributed by atoms with Gasteiger partial charge in [0.1, 0.15) is 0 Å². The van der Waals surface area contributed by atoms with Gasteiger partial charge in [-0.3, -0.25) is 0 Å². The number of imidazole rings is 1. The number of H-pyrrole nitrogens is 2. The quantitative estimate of drug-likeness (QED) is 0.776. The molecule has 0 aliphatic carbocycles. The van der Waals surface area contributed by atoms with Gasteiger partial charge in [0, 0.05) is 18.8 Å². The number of nitrogens with one attached hydrogen (secondary N) is 3. The Bertz CT molecular complexity index is 612. The van der Waals surface area contributed by atoms with Crippen LogP contribution in [0, 0.1) is 0 Å². The van der Waals surface area contributed by atoms with E-state index in [1.165, 1.54) is 0 Å². The maximum atomic E-state index is 11.2. The van der Waals surface area contributed by atoms with E-state index in [1.807, 2.05) is 18.2 Å². The maximum absolute atomic E-state index is 11.2. The molecule has 5 heteroatoms. The molecule has 0 fully saturated rings. The Balaban J connectivity index is 2.10. The Labute approximate surface area is 112 Å². The summed E-state index contributed by atoms with van der Waals surface area (Å²) in [5.74, 6) is 0. The second kappa shape index (κ2) is 5.09. The molecule has 0 saturated heterocycles. The molecule has 0 aliphatic rings. The molecule has 1 aromatic heterocycles. The molecule has 3 N–H and O–H groups in total. The molecule has 1 aromatic carbocycles. The van der Waals surface area contributed by atoms with Crippen molar-refractivity contribution in [3.05, 3.63) is 28.7 Å². The molecular weight excluding hydrogens is 242 g/mol. The first kappa shape index (κ1) is 13.7. The van der Waals surface area contributed by atoms with Gasteiger partial charge in [0.05, 0.1) is 16.6 Å². The van der Waals surface area contributed by atoms with Crippen LogP contribution < -0.4 is 11.0 Å². The van der Waals surface area contributed by atoms with Gasteiger partial charge in [-0.15, -0.1) is 0 Å². The molecule has 2 aromatic rings. The Morgan fingerprint density at radius 1 is 1.32 bits per heavy atom. The molecule has 0 saturated carbocycles. The lowest BCUT2D eigenvalue weighted by molar-refractivity contribution is 0.0128. The van der Waals surface area contributed by atoms with Crippen LogP contribution in [0.15, 0.2) is 23.0 Å². The maximum Gasteiger partial charge on any atom is 0.323 e. The first-order valence-corrected chi connectivity index (χ1v) is 6.43. The molecule has 1 heterocycles. The van der Waals surface area contributed by atoms with Crippen molar-refractivity contribution in [2.75, 3.05) is 12.4 Å². The standard InChI is InChI=1S/C14H21N3O2/c1-9(8-14(2,3)19-4)15-10-5-6-11-12(7-10)17-13(18)16-11/h5-7,9,15H,8H2,1-4H3,(H2,16,17,18). The van der Waals surface area contributed by atoms with Gasteiger partial charge in [-0.25, -0.2) is 4.79 Å². The van der Waals surface area contributed by atoms with Crippen molar-refractivity contribution in [3.8, 4) is 0 Å². The van der Waals surface area contributed by atoms with Gasteiger partial charge < -0.3 is 20.0 Å². The third kappa shape index (κ3) is 3.38. The number of aromatic nitrogens is 2. The molecule has 0 radical (unpaired) electrons. The Morgan fingerprint density at radius 3 is 2.68 bits per heavy atom. The number of methoxy groups -OCH3 is 1. The van der Waals surface area contributed by atoms with Gasteiger partial charge >= 0.3 is 5.69 Å². The zero-order valence-corrected chi connectivity index (χ0v) is 11.8. The summed E-state index contributed by atoms with van der Waals surface area (Å²) in [7, 11) is 1.73. The third-order valence-electron chi connectivity index (χ3n) is 3.28. The summed E-state index contributed by atoms with van der Waals surface area (Å²) in [4.78, 5) is 16.7. The van der Waals surface area contributed by atoms with Gasteiger partial charge in [-0.2, -0.15) is 0 Å². The van der Waals surface area contributed by atoms with Crippen LogP contribution in [-0.4, -0.2) is 28.7 Å². The Kier molecular flexibility index (Phi) is 3.66. The Morgan fingerprint density at radius 2 is 2.00 bits per heavy atom. The minimum absolute atomic E-state index is 0.154. The number of ether oxygens (including phenoxy) is 1. The van der Waals surface area contributed by atoms with Gasteiger partial charge in [-0.1, -0.05) is 0 Å². The number of hydrogen-bond acceptors (Lipinski definition) is 3. The molecular formula is C14H21N3O2. The fraction of sp³-hybridized carbons (Fsp3) is 0.500. The first-order valence-electron chi connectivity index (χ1n) is 6.43. The van der Waals surface area contributed by atoms with Gasteiger partial charge in [0.2, 0.25) is 0 Å². The predicted molar refractivity (Wildman–Crippen MR) is 77.7 cm³/mol. The fourth-order valence-electron chi connectivity index (χ4n) is 2.28. The van der Waals surface area contributed by atoms with Crippen LogP contribution >= 0.6 is 0 Å². The van der Waals surface area contributed by atoms with E-state index in [1.54, 1.807) is 7.11 Å². The predicted octanol–water partition coefficient (Wildman–Crippen LogP) is 2.47. The van der Waals surface area contributed by atoms with Crippen molar-refractivity contribution in [3.63, 3.8) is 0 Å². The van der Waals surface area contributed by atoms with Gasteiger partial charge in [-0.05, 0) is 45.4 Å². The van der Waals surface area contributed by atoms with E-state index in [2.05, 4.69) is 36.1 Å². The van der Waals surface area contributed by atoms with E-state index >= 15 is 0 Å². The van der Waals surface area contributed by atoms with Gasteiger partial charge in [0.25, 0.3) is 0 Å². The summed E-state index contributed by atoms with van der Waals surface area (Å²) in [6.45, 7) is 6.25. The third-order valence-corrected chi connectivity index (χ3v) is 3.28. The monoisotopic (exact) mass is 263 g/mol.